The number of Topliss-reactive ketones (excluding diaryl/α,β-unsaturated/α-hetero) is 1. The van der Waals surface area contributed by atoms with Gasteiger partial charge in [-0.1, -0.05) is 54.5 Å². The molecule has 1 aliphatic rings. The van der Waals surface area contributed by atoms with E-state index in [1.54, 1.807) is 32.9 Å². The lowest BCUT2D eigenvalue weighted by Crippen LogP contribution is -2.59. The zero-order chi connectivity index (χ0) is 23.8. The van der Waals surface area contributed by atoms with Crippen molar-refractivity contribution in [1.82, 2.24) is 9.80 Å². The van der Waals surface area contributed by atoms with Crippen molar-refractivity contribution in [2.45, 2.75) is 39.0 Å². The normalized spacial score (nSPS) is 15.8. The quantitative estimate of drug-likeness (QED) is 0.667. The molecule has 2 amide bonds. The fraction of sp³-hybridized carbons (Fsp3) is 0.346. The van der Waals surface area contributed by atoms with Gasteiger partial charge in [0, 0.05) is 18.7 Å². The monoisotopic (exact) mass is 448 g/mol. The number of hydrogen-bond acceptors (Lipinski definition) is 5. The van der Waals surface area contributed by atoms with Gasteiger partial charge in [0.05, 0.1) is 6.54 Å². The fourth-order valence-corrected chi connectivity index (χ4v) is 3.26. The van der Waals surface area contributed by atoms with Crippen LogP contribution in [0.1, 0.15) is 31.9 Å². The lowest BCUT2D eigenvalue weighted by molar-refractivity contribution is -0.120. The Balaban J connectivity index is 1.73. The summed E-state index contributed by atoms with van der Waals surface area (Å²) in [5, 5.41) is 0. The van der Waals surface area contributed by atoms with Crippen molar-refractivity contribution < 1.29 is 23.9 Å². The molecule has 1 heterocycles. The van der Waals surface area contributed by atoms with Crippen molar-refractivity contribution in [2.24, 2.45) is 0 Å². The summed E-state index contributed by atoms with van der Waals surface area (Å²) in [7, 11) is 0. The van der Waals surface area contributed by atoms with E-state index in [9.17, 15) is 14.4 Å². The molecule has 1 saturated heterocycles. The van der Waals surface area contributed by atoms with Crippen molar-refractivity contribution in [2.75, 3.05) is 19.6 Å². The summed E-state index contributed by atoms with van der Waals surface area (Å²) in [4.78, 5) is 41.2. The Hall–Kier alpha value is -3.79. The predicted octanol–water partition coefficient (Wildman–Crippen LogP) is 3.87. The van der Waals surface area contributed by atoms with Crippen molar-refractivity contribution in [3.63, 3.8) is 0 Å². The Morgan fingerprint density at radius 3 is 2.21 bits per heavy atom. The highest BCUT2D eigenvalue weighted by atomic mass is 16.6. The zero-order valence-corrected chi connectivity index (χ0v) is 19.1. The number of piperazine rings is 1. The van der Waals surface area contributed by atoms with Gasteiger partial charge in [-0.15, -0.1) is 0 Å². The highest BCUT2D eigenvalue weighted by Crippen LogP contribution is 2.18. The Labute approximate surface area is 194 Å². The van der Waals surface area contributed by atoms with Crippen LogP contribution < -0.4 is 0 Å². The Morgan fingerprint density at radius 2 is 1.58 bits per heavy atom. The van der Waals surface area contributed by atoms with Crippen molar-refractivity contribution >= 4 is 18.0 Å². The minimum atomic E-state index is -0.950. The topological polar surface area (TPSA) is 76.2 Å². The minimum absolute atomic E-state index is 0.0187. The molecule has 1 atom stereocenters. The van der Waals surface area contributed by atoms with Gasteiger partial charge in [-0.3, -0.25) is 9.69 Å². The summed E-state index contributed by atoms with van der Waals surface area (Å²) < 4.78 is 10.9. The maximum atomic E-state index is 13.0. The molecule has 33 heavy (non-hydrogen) atoms. The third-order valence-corrected chi connectivity index (χ3v) is 4.88. The standard InChI is InChI=1S/C26H28N2O5/c1-26(2,3)33-25(31)28-17-16-27(24(30)32-19-21-12-8-5-9-13-21)18-22(28)23(29)15-14-20-10-6-4-7-11-20/h4-13,22H,16-19H2,1-3H3. The summed E-state index contributed by atoms with van der Waals surface area (Å²) in [6.07, 6.45) is -1.16. The van der Waals surface area contributed by atoms with Crippen LogP contribution in [0.3, 0.4) is 0 Å². The lowest BCUT2D eigenvalue weighted by Gasteiger charge is -2.39. The van der Waals surface area contributed by atoms with E-state index in [4.69, 9.17) is 9.47 Å². The average molecular weight is 449 g/mol. The molecular weight excluding hydrogens is 420 g/mol. The van der Waals surface area contributed by atoms with Gasteiger partial charge < -0.3 is 14.4 Å². The van der Waals surface area contributed by atoms with Crippen LogP contribution >= 0.6 is 0 Å². The third kappa shape index (κ3) is 7.11. The number of ketones is 1. The second-order valence-electron chi connectivity index (χ2n) is 8.66. The first-order valence-electron chi connectivity index (χ1n) is 10.8. The van der Waals surface area contributed by atoms with Crippen LogP contribution in [0.25, 0.3) is 0 Å². The highest BCUT2D eigenvalue weighted by Gasteiger charge is 2.38. The molecule has 0 aromatic heterocycles. The van der Waals surface area contributed by atoms with E-state index >= 15 is 0 Å². The fourth-order valence-electron chi connectivity index (χ4n) is 3.26. The van der Waals surface area contributed by atoms with Crippen LogP contribution in [0.4, 0.5) is 9.59 Å². The molecule has 0 N–H and O–H groups in total. The van der Waals surface area contributed by atoms with Gasteiger partial charge in [-0.2, -0.15) is 0 Å². The summed E-state index contributed by atoms with van der Waals surface area (Å²) in [5.41, 5.74) is 0.829. The molecule has 1 fully saturated rings. The highest BCUT2D eigenvalue weighted by molar-refractivity contribution is 6.02. The number of nitrogens with zero attached hydrogens (tertiary/aromatic N) is 2. The second-order valence-corrected chi connectivity index (χ2v) is 8.66. The molecule has 172 valence electrons. The van der Waals surface area contributed by atoms with E-state index in [1.807, 2.05) is 48.5 Å². The van der Waals surface area contributed by atoms with Gasteiger partial charge >= 0.3 is 12.2 Å². The van der Waals surface area contributed by atoms with Crippen LogP contribution in [-0.4, -0.2) is 59.0 Å². The summed E-state index contributed by atoms with van der Waals surface area (Å²) in [6, 6.07) is 17.5. The van der Waals surface area contributed by atoms with Crippen LogP contribution in [-0.2, 0) is 20.9 Å². The molecule has 3 rings (SSSR count). The summed E-state index contributed by atoms with van der Waals surface area (Å²) >= 11 is 0. The molecule has 0 bridgehead atoms. The number of rotatable bonds is 3. The van der Waals surface area contributed by atoms with Gasteiger partial charge in [-0.25, -0.2) is 9.59 Å². The number of ether oxygens (including phenoxy) is 2. The van der Waals surface area contributed by atoms with Crippen molar-refractivity contribution in [3.05, 3.63) is 71.8 Å². The second kappa shape index (κ2) is 10.7. The molecule has 7 heteroatoms. The summed E-state index contributed by atoms with van der Waals surface area (Å²) in [5.74, 6) is 4.98. The first kappa shape index (κ1) is 23.9. The van der Waals surface area contributed by atoms with Crippen LogP contribution in [0.5, 0.6) is 0 Å². The largest absolute Gasteiger partial charge is 0.445 e. The van der Waals surface area contributed by atoms with E-state index < -0.39 is 29.6 Å². The number of benzene rings is 2. The molecule has 0 radical (unpaired) electrons. The molecule has 0 spiro atoms. The van der Waals surface area contributed by atoms with Gasteiger partial charge in [-0.05, 0) is 44.4 Å². The average Bonchev–Trinajstić information content (AvgIpc) is 2.81. The van der Waals surface area contributed by atoms with Gasteiger partial charge in [0.1, 0.15) is 18.2 Å². The molecule has 2 aromatic carbocycles. The Bertz CT molecular complexity index is 1040. The maximum absolute atomic E-state index is 13.0. The smallest absolute Gasteiger partial charge is 0.411 e. The maximum Gasteiger partial charge on any atom is 0.411 e. The van der Waals surface area contributed by atoms with E-state index in [1.165, 1.54) is 9.80 Å². The van der Waals surface area contributed by atoms with E-state index in [2.05, 4.69) is 11.8 Å². The number of hydrogen-bond donors (Lipinski definition) is 0. The van der Waals surface area contributed by atoms with Crippen molar-refractivity contribution in [1.29, 1.82) is 0 Å². The van der Waals surface area contributed by atoms with Crippen molar-refractivity contribution in [3.8, 4) is 11.8 Å². The van der Waals surface area contributed by atoms with E-state index in [0.717, 1.165) is 5.56 Å². The minimum Gasteiger partial charge on any atom is -0.445 e. The number of carbonyl (C=O) groups is 3. The van der Waals surface area contributed by atoms with Gasteiger partial charge in [0.25, 0.3) is 0 Å². The Morgan fingerprint density at radius 1 is 0.939 bits per heavy atom. The molecule has 2 aromatic rings. The first-order chi connectivity index (χ1) is 15.7. The van der Waals surface area contributed by atoms with E-state index in [-0.39, 0.29) is 26.2 Å². The molecule has 0 saturated carbocycles. The molecule has 7 nitrogen and oxygen atoms in total. The number of carbonyl (C=O) groups excluding carboxylic acids is 3. The lowest BCUT2D eigenvalue weighted by atomic mass is 10.1. The van der Waals surface area contributed by atoms with Crippen LogP contribution in [0, 0.1) is 11.8 Å². The predicted molar refractivity (Wildman–Crippen MR) is 123 cm³/mol. The zero-order valence-electron chi connectivity index (χ0n) is 19.1. The van der Waals surface area contributed by atoms with E-state index in [0.29, 0.717) is 5.56 Å². The molecule has 0 aliphatic carbocycles. The molecule has 1 aliphatic heterocycles. The SMILES string of the molecule is CC(C)(C)OC(=O)N1CCN(C(=O)OCc2ccccc2)CC1C(=O)C#Cc1ccccc1. The van der Waals surface area contributed by atoms with Gasteiger partial charge in [0.15, 0.2) is 0 Å². The Kier molecular flexibility index (Phi) is 7.73. The number of amides is 2. The molecular formula is C26H28N2O5. The molecule has 1 unspecified atom stereocenters. The summed E-state index contributed by atoms with van der Waals surface area (Å²) in [6.45, 7) is 5.74. The first-order valence-corrected chi connectivity index (χ1v) is 10.8. The third-order valence-electron chi connectivity index (χ3n) is 4.88. The van der Waals surface area contributed by atoms with Crippen LogP contribution in [0.15, 0.2) is 60.7 Å². The van der Waals surface area contributed by atoms with Crippen LogP contribution in [0.2, 0.25) is 0 Å². The van der Waals surface area contributed by atoms with Gasteiger partial charge in [0.2, 0.25) is 5.78 Å².